The zero-order valence-electron chi connectivity index (χ0n) is 12.3. The van der Waals surface area contributed by atoms with Gasteiger partial charge in [-0.3, -0.25) is 4.79 Å². The lowest BCUT2D eigenvalue weighted by Gasteiger charge is -2.37. The molecule has 0 saturated heterocycles. The monoisotopic (exact) mass is 292 g/mol. The molecule has 1 aromatic carbocycles. The van der Waals surface area contributed by atoms with Gasteiger partial charge in [-0.15, -0.1) is 0 Å². The number of carboxylic acids is 1. The van der Waals surface area contributed by atoms with Crippen LogP contribution in [-0.4, -0.2) is 17.2 Å². The SMILES string of the molecule is CC1CCC(CC2Cc3cc(F)ccc3O2)(C(=O)O)CC1. The third-order valence-corrected chi connectivity index (χ3v) is 5.07. The molecule has 1 fully saturated rings. The first kappa shape index (κ1) is 14.4. The minimum atomic E-state index is -0.708. The molecule has 1 aliphatic carbocycles. The van der Waals surface area contributed by atoms with Crippen molar-refractivity contribution in [1.82, 2.24) is 0 Å². The van der Waals surface area contributed by atoms with Gasteiger partial charge in [0, 0.05) is 18.4 Å². The molecular weight excluding hydrogens is 271 g/mol. The van der Waals surface area contributed by atoms with E-state index in [0.29, 0.717) is 37.4 Å². The van der Waals surface area contributed by atoms with E-state index >= 15 is 0 Å². The van der Waals surface area contributed by atoms with E-state index in [2.05, 4.69) is 6.92 Å². The minimum Gasteiger partial charge on any atom is -0.490 e. The maximum absolute atomic E-state index is 13.2. The fraction of sp³-hybridized carbons (Fsp3) is 0.588. The molecule has 3 nitrogen and oxygen atoms in total. The zero-order chi connectivity index (χ0) is 15.0. The number of hydrogen-bond donors (Lipinski definition) is 1. The summed E-state index contributed by atoms with van der Waals surface area (Å²) in [4.78, 5) is 11.8. The van der Waals surface area contributed by atoms with Crippen LogP contribution in [0.15, 0.2) is 18.2 Å². The van der Waals surface area contributed by atoms with Crippen LogP contribution in [-0.2, 0) is 11.2 Å². The Morgan fingerprint density at radius 1 is 1.43 bits per heavy atom. The molecule has 3 rings (SSSR count). The first-order chi connectivity index (χ1) is 9.98. The molecule has 4 heteroatoms. The van der Waals surface area contributed by atoms with Crippen LogP contribution in [0.25, 0.3) is 0 Å². The third-order valence-electron chi connectivity index (χ3n) is 5.07. The second kappa shape index (κ2) is 5.32. The summed E-state index contributed by atoms with van der Waals surface area (Å²) in [6, 6.07) is 4.52. The number of rotatable bonds is 3. The van der Waals surface area contributed by atoms with Gasteiger partial charge in [0.05, 0.1) is 5.41 Å². The van der Waals surface area contributed by atoms with Gasteiger partial charge in [0.15, 0.2) is 0 Å². The van der Waals surface area contributed by atoms with Crippen LogP contribution in [0.5, 0.6) is 5.75 Å². The van der Waals surface area contributed by atoms with E-state index in [1.165, 1.54) is 12.1 Å². The Morgan fingerprint density at radius 2 is 2.14 bits per heavy atom. The Labute approximate surface area is 124 Å². The fourth-order valence-corrected chi connectivity index (χ4v) is 3.66. The maximum atomic E-state index is 13.2. The largest absolute Gasteiger partial charge is 0.490 e. The van der Waals surface area contributed by atoms with Gasteiger partial charge < -0.3 is 9.84 Å². The Kier molecular flexibility index (Phi) is 3.64. The van der Waals surface area contributed by atoms with Crippen molar-refractivity contribution in [1.29, 1.82) is 0 Å². The zero-order valence-corrected chi connectivity index (χ0v) is 12.3. The van der Waals surface area contributed by atoms with Gasteiger partial charge >= 0.3 is 5.97 Å². The van der Waals surface area contributed by atoms with Crippen molar-refractivity contribution in [3.8, 4) is 5.75 Å². The van der Waals surface area contributed by atoms with Crippen LogP contribution in [0.3, 0.4) is 0 Å². The van der Waals surface area contributed by atoms with E-state index in [9.17, 15) is 14.3 Å². The first-order valence-electron chi connectivity index (χ1n) is 7.67. The summed E-state index contributed by atoms with van der Waals surface area (Å²) in [6.45, 7) is 2.18. The average Bonchev–Trinajstić information content (AvgIpc) is 2.82. The second-order valence-corrected chi connectivity index (χ2v) is 6.67. The highest BCUT2D eigenvalue weighted by Crippen LogP contribution is 2.45. The first-order valence-corrected chi connectivity index (χ1v) is 7.67. The molecule has 2 aliphatic rings. The van der Waals surface area contributed by atoms with Gasteiger partial charge in [-0.1, -0.05) is 6.92 Å². The number of ether oxygens (including phenoxy) is 1. The van der Waals surface area contributed by atoms with Gasteiger partial charge in [0.25, 0.3) is 0 Å². The molecule has 1 N–H and O–H groups in total. The van der Waals surface area contributed by atoms with Gasteiger partial charge in [0.1, 0.15) is 17.7 Å². The number of carbonyl (C=O) groups is 1. The molecule has 0 bridgehead atoms. The van der Waals surface area contributed by atoms with Crippen molar-refractivity contribution in [3.63, 3.8) is 0 Å². The van der Waals surface area contributed by atoms with Gasteiger partial charge in [-0.25, -0.2) is 4.39 Å². The van der Waals surface area contributed by atoms with E-state index in [0.717, 1.165) is 18.4 Å². The molecule has 1 saturated carbocycles. The van der Waals surface area contributed by atoms with E-state index < -0.39 is 11.4 Å². The highest BCUT2D eigenvalue weighted by Gasteiger charge is 2.44. The van der Waals surface area contributed by atoms with Crippen molar-refractivity contribution in [2.24, 2.45) is 11.3 Å². The van der Waals surface area contributed by atoms with E-state index in [-0.39, 0.29) is 11.9 Å². The van der Waals surface area contributed by atoms with Gasteiger partial charge in [0.2, 0.25) is 0 Å². The molecule has 0 spiro atoms. The number of benzene rings is 1. The third kappa shape index (κ3) is 2.76. The molecule has 1 aromatic rings. The Balaban J connectivity index is 1.73. The lowest BCUT2D eigenvalue weighted by atomic mass is 9.68. The summed E-state index contributed by atoms with van der Waals surface area (Å²) < 4.78 is 19.1. The summed E-state index contributed by atoms with van der Waals surface area (Å²) in [5.74, 6) is 0.331. The average molecular weight is 292 g/mol. The van der Waals surface area contributed by atoms with Crippen molar-refractivity contribution in [2.45, 2.75) is 51.6 Å². The van der Waals surface area contributed by atoms with E-state index in [1.807, 2.05) is 0 Å². The van der Waals surface area contributed by atoms with Crippen LogP contribution in [0.1, 0.15) is 44.6 Å². The predicted molar refractivity (Wildman–Crippen MR) is 76.8 cm³/mol. The number of halogens is 1. The van der Waals surface area contributed by atoms with Crippen molar-refractivity contribution >= 4 is 5.97 Å². The Bertz CT molecular complexity index is 547. The van der Waals surface area contributed by atoms with Crippen molar-refractivity contribution in [2.75, 3.05) is 0 Å². The summed E-state index contributed by atoms with van der Waals surface area (Å²) in [5.41, 5.74) is 0.183. The van der Waals surface area contributed by atoms with Crippen LogP contribution in [0.2, 0.25) is 0 Å². The standard InChI is InChI=1S/C17H21FO3/c1-11-4-6-17(7-5-11,16(19)20)10-14-9-12-8-13(18)2-3-15(12)21-14/h2-3,8,11,14H,4-7,9-10H2,1H3,(H,19,20). The number of aliphatic carboxylic acids is 1. The summed E-state index contributed by atoms with van der Waals surface area (Å²) in [7, 11) is 0. The highest BCUT2D eigenvalue weighted by atomic mass is 19.1. The molecule has 0 amide bonds. The Morgan fingerprint density at radius 3 is 2.81 bits per heavy atom. The van der Waals surface area contributed by atoms with E-state index in [4.69, 9.17) is 4.74 Å². The molecule has 1 heterocycles. The lowest BCUT2D eigenvalue weighted by molar-refractivity contribution is -0.153. The van der Waals surface area contributed by atoms with Crippen LogP contribution < -0.4 is 4.74 Å². The molecule has 1 atom stereocenters. The molecular formula is C17H21FO3. The quantitative estimate of drug-likeness (QED) is 0.921. The molecule has 0 aromatic heterocycles. The lowest BCUT2D eigenvalue weighted by Crippen LogP contribution is -2.39. The van der Waals surface area contributed by atoms with Crippen LogP contribution in [0.4, 0.5) is 4.39 Å². The minimum absolute atomic E-state index is 0.147. The highest BCUT2D eigenvalue weighted by molar-refractivity contribution is 5.74. The fourth-order valence-electron chi connectivity index (χ4n) is 3.66. The molecule has 1 unspecified atom stereocenters. The molecule has 0 radical (unpaired) electrons. The molecule has 21 heavy (non-hydrogen) atoms. The van der Waals surface area contributed by atoms with Gasteiger partial charge in [-0.2, -0.15) is 0 Å². The predicted octanol–water partition coefficient (Wildman–Crippen LogP) is 3.80. The smallest absolute Gasteiger partial charge is 0.309 e. The summed E-state index contributed by atoms with van der Waals surface area (Å²) in [5, 5.41) is 9.68. The van der Waals surface area contributed by atoms with Crippen LogP contribution in [0, 0.1) is 17.2 Å². The topological polar surface area (TPSA) is 46.5 Å². The summed E-state index contributed by atoms with van der Waals surface area (Å²) in [6.07, 6.45) is 4.33. The number of fused-ring (bicyclic) bond motifs is 1. The van der Waals surface area contributed by atoms with E-state index in [1.54, 1.807) is 6.07 Å². The molecule has 114 valence electrons. The van der Waals surface area contributed by atoms with Crippen molar-refractivity contribution < 1.29 is 19.0 Å². The second-order valence-electron chi connectivity index (χ2n) is 6.67. The summed E-state index contributed by atoms with van der Waals surface area (Å²) >= 11 is 0. The van der Waals surface area contributed by atoms with Crippen LogP contribution >= 0.6 is 0 Å². The normalized spacial score (nSPS) is 31.5. The van der Waals surface area contributed by atoms with Gasteiger partial charge in [-0.05, 0) is 49.8 Å². The maximum Gasteiger partial charge on any atom is 0.309 e. The Hall–Kier alpha value is -1.58. The molecule has 1 aliphatic heterocycles. The number of hydrogen-bond acceptors (Lipinski definition) is 2. The number of carboxylic acid groups (broad SMARTS) is 1. The van der Waals surface area contributed by atoms with Crippen molar-refractivity contribution in [3.05, 3.63) is 29.6 Å².